The van der Waals surface area contributed by atoms with Crippen molar-refractivity contribution in [2.75, 3.05) is 6.54 Å². The molecule has 0 radical (unpaired) electrons. The Hall–Kier alpha value is -2.28. The van der Waals surface area contributed by atoms with Crippen LogP contribution < -0.4 is 10.1 Å². The second-order valence-electron chi connectivity index (χ2n) is 7.25. The molecule has 0 saturated heterocycles. The van der Waals surface area contributed by atoms with Gasteiger partial charge in [0.25, 0.3) is 5.91 Å². The third kappa shape index (κ3) is 4.24. The van der Waals surface area contributed by atoms with Crippen LogP contribution in [0.1, 0.15) is 57.1 Å². The molecule has 1 aliphatic carbocycles. The van der Waals surface area contributed by atoms with Crippen molar-refractivity contribution in [1.29, 1.82) is 0 Å². The normalized spacial score (nSPS) is 22.8. The number of amides is 2. The highest BCUT2D eigenvalue weighted by molar-refractivity contribution is 6.30. The van der Waals surface area contributed by atoms with Crippen LogP contribution in [-0.2, 0) is 14.4 Å². The zero-order chi connectivity index (χ0) is 20.3. The van der Waals surface area contributed by atoms with Gasteiger partial charge in [0.2, 0.25) is 5.91 Å². The van der Waals surface area contributed by atoms with Crippen LogP contribution in [0.3, 0.4) is 0 Å². The Bertz CT molecular complexity index is 763. The molecule has 2 aliphatic rings. The van der Waals surface area contributed by atoms with Gasteiger partial charge in [-0.25, -0.2) is 0 Å². The number of hydrogen-bond donors (Lipinski definition) is 2. The van der Waals surface area contributed by atoms with Gasteiger partial charge >= 0.3 is 5.97 Å². The minimum Gasteiger partial charge on any atom is -0.480 e. The molecule has 1 fully saturated rings. The molecule has 2 unspecified atom stereocenters. The molecule has 0 spiro atoms. The quantitative estimate of drug-likeness (QED) is 0.780. The third-order valence-corrected chi connectivity index (χ3v) is 5.58. The summed E-state index contributed by atoms with van der Waals surface area (Å²) in [7, 11) is 0. The molecule has 2 N–H and O–H groups in total. The lowest BCUT2D eigenvalue weighted by atomic mass is 9.91. The van der Waals surface area contributed by atoms with E-state index in [9.17, 15) is 14.4 Å². The lowest BCUT2D eigenvalue weighted by Gasteiger charge is -2.39. The van der Waals surface area contributed by atoms with Crippen LogP contribution in [0.4, 0.5) is 0 Å². The number of rotatable bonds is 5. The van der Waals surface area contributed by atoms with Gasteiger partial charge in [-0.05, 0) is 37.5 Å². The van der Waals surface area contributed by atoms with E-state index in [1.54, 1.807) is 23.1 Å². The van der Waals surface area contributed by atoms with E-state index in [-0.39, 0.29) is 11.9 Å². The summed E-state index contributed by atoms with van der Waals surface area (Å²) >= 11 is 6.18. The van der Waals surface area contributed by atoms with Crippen LogP contribution >= 0.6 is 11.6 Å². The van der Waals surface area contributed by atoms with Crippen molar-refractivity contribution in [2.24, 2.45) is 0 Å². The molecule has 152 valence electrons. The number of benzene rings is 1. The van der Waals surface area contributed by atoms with Gasteiger partial charge in [0, 0.05) is 16.6 Å². The van der Waals surface area contributed by atoms with E-state index in [1.807, 2.05) is 6.92 Å². The summed E-state index contributed by atoms with van der Waals surface area (Å²) in [6.07, 6.45) is 4.45. The van der Waals surface area contributed by atoms with Gasteiger partial charge in [-0.2, -0.15) is 0 Å². The number of fused-ring (bicyclic) bond motifs is 1. The van der Waals surface area contributed by atoms with Gasteiger partial charge in [-0.15, -0.1) is 0 Å². The van der Waals surface area contributed by atoms with Crippen molar-refractivity contribution < 1.29 is 24.2 Å². The van der Waals surface area contributed by atoms with Crippen LogP contribution in [0, 0.1) is 0 Å². The molecule has 1 aliphatic heterocycles. The molecule has 2 atom stereocenters. The van der Waals surface area contributed by atoms with Gasteiger partial charge in [-0.3, -0.25) is 14.4 Å². The number of carboxylic acids is 1. The lowest BCUT2D eigenvalue weighted by molar-refractivity contribution is -0.149. The number of carbonyl (C=O) groups is 3. The first kappa shape index (κ1) is 20.5. The molecule has 1 saturated carbocycles. The van der Waals surface area contributed by atoms with Crippen LogP contribution in [-0.4, -0.2) is 46.5 Å². The molecule has 8 heteroatoms. The Balaban J connectivity index is 2.08. The van der Waals surface area contributed by atoms with Crippen LogP contribution in [0.2, 0.25) is 5.02 Å². The average molecular weight is 409 g/mol. The molecule has 28 heavy (non-hydrogen) atoms. The largest absolute Gasteiger partial charge is 0.480 e. The monoisotopic (exact) mass is 408 g/mol. The summed E-state index contributed by atoms with van der Waals surface area (Å²) in [5.41, 5.74) is 0.491. The first-order valence-corrected chi connectivity index (χ1v) is 10.1. The molecule has 0 aromatic heterocycles. The average Bonchev–Trinajstić information content (AvgIpc) is 2.81. The summed E-state index contributed by atoms with van der Waals surface area (Å²) in [6, 6.07) is 3.88. The molecule has 1 heterocycles. The fourth-order valence-corrected chi connectivity index (χ4v) is 4.20. The summed E-state index contributed by atoms with van der Waals surface area (Å²) in [5.74, 6) is -1.49. The maximum atomic E-state index is 13.4. The number of ether oxygens (including phenoxy) is 1. The van der Waals surface area contributed by atoms with E-state index in [2.05, 4.69) is 5.32 Å². The fourth-order valence-electron chi connectivity index (χ4n) is 4.02. The van der Waals surface area contributed by atoms with Crippen molar-refractivity contribution >= 4 is 29.4 Å². The molecule has 2 amide bonds. The summed E-state index contributed by atoms with van der Waals surface area (Å²) in [4.78, 5) is 39.0. The number of carboxylic acid groups (broad SMARTS) is 1. The second-order valence-corrected chi connectivity index (χ2v) is 7.68. The lowest BCUT2D eigenvalue weighted by Crippen LogP contribution is -2.52. The molecule has 1 aromatic rings. The molecule has 7 nitrogen and oxygen atoms in total. The predicted molar refractivity (Wildman–Crippen MR) is 103 cm³/mol. The summed E-state index contributed by atoms with van der Waals surface area (Å²) < 4.78 is 5.95. The van der Waals surface area contributed by atoms with Gasteiger partial charge in [0.1, 0.15) is 18.3 Å². The van der Waals surface area contributed by atoms with Gasteiger partial charge in [0.15, 0.2) is 6.10 Å². The molecule has 1 aromatic carbocycles. The van der Waals surface area contributed by atoms with Crippen molar-refractivity contribution in [3.05, 3.63) is 28.8 Å². The fraction of sp³-hybridized carbons (Fsp3) is 0.550. The van der Waals surface area contributed by atoms with E-state index in [1.165, 1.54) is 0 Å². The number of hydrogen-bond acceptors (Lipinski definition) is 4. The van der Waals surface area contributed by atoms with Gasteiger partial charge < -0.3 is 20.1 Å². The third-order valence-electron chi connectivity index (χ3n) is 5.34. The highest BCUT2D eigenvalue weighted by Gasteiger charge is 2.43. The van der Waals surface area contributed by atoms with Gasteiger partial charge in [0.05, 0.1) is 0 Å². The van der Waals surface area contributed by atoms with Crippen LogP contribution in [0.25, 0.3) is 0 Å². The predicted octanol–water partition coefficient (Wildman–Crippen LogP) is 2.91. The number of carbonyl (C=O) groups excluding carboxylic acids is 2. The van der Waals surface area contributed by atoms with Crippen molar-refractivity contribution in [3.63, 3.8) is 0 Å². The van der Waals surface area contributed by atoms with Crippen molar-refractivity contribution in [1.82, 2.24) is 10.2 Å². The second kappa shape index (κ2) is 8.82. The zero-order valence-corrected chi connectivity index (χ0v) is 16.6. The Kier molecular flexibility index (Phi) is 6.44. The minimum absolute atomic E-state index is 0.0931. The highest BCUT2D eigenvalue weighted by Crippen LogP contribution is 2.40. The van der Waals surface area contributed by atoms with Gasteiger partial charge in [-0.1, -0.05) is 37.8 Å². The van der Waals surface area contributed by atoms with Crippen LogP contribution in [0.15, 0.2) is 18.2 Å². The number of nitrogens with zero attached hydrogens (tertiary/aromatic N) is 1. The maximum absolute atomic E-state index is 13.4. The Labute approximate surface area is 169 Å². The minimum atomic E-state index is -1.15. The van der Waals surface area contributed by atoms with Crippen LogP contribution in [0.5, 0.6) is 5.75 Å². The molecule has 0 bridgehead atoms. The molecule has 3 rings (SSSR count). The van der Waals surface area contributed by atoms with E-state index in [0.29, 0.717) is 22.8 Å². The first-order chi connectivity index (χ1) is 13.4. The smallest absolute Gasteiger partial charge is 0.322 e. The van der Waals surface area contributed by atoms with E-state index in [4.69, 9.17) is 21.4 Å². The number of aliphatic carboxylic acids is 1. The van der Waals surface area contributed by atoms with Crippen molar-refractivity contribution in [3.8, 4) is 5.75 Å². The highest BCUT2D eigenvalue weighted by atomic mass is 35.5. The molecular weight excluding hydrogens is 384 g/mol. The number of halogens is 1. The first-order valence-electron chi connectivity index (χ1n) is 9.70. The molecular formula is C20H25ClN2O5. The summed E-state index contributed by atoms with van der Waals surface area (Å²) in [6.45, 7) is 1.35. The van der Waals surface area contributed by atoms with Crippen molar-refractivity contribution in [2.45, 2.75) is 63.6 Å². The standard InChI is InChI=1S/C20H25ClN2O5/c1-2-15-20(27)23(13-6-4-3-5-7-13)18(19(26)22-11-17(24)25)14-10-12(21)8-9-16(14)28-15/h8-10,13,15,18H,2-7,11H2,1H3,(H,22,26)(H,24,25). The SMILES string of the molecule is CCC1Oc2ccc(Cl)cc2C(C(=O)NCC(=O)O)N(C2CCCCC2)C1=O. The Morgan fingerprint density at radius 1 is 1.29 bits per heavy atom. The zero-order valence-electron chi connectivity index (χ0n) is 15.8. The number of nitrogens with one attached hydrogen (secondary N) is 1. The Morgan fingerprint density at radius 3 is 2.64 bits per heavy atom. The topological polar surface area (TPSA) is 95.9 Å². The maximum Gasteiger partial charge on any atom is 0.322 e. The van der Waals surface area contributed by atoms with E-state index >= 15 is 0 Å². The van der Waals surface area contributed by atoms with E-state index in [0.717, 1.165) is 32.1 Å². The Morgan fingerprint density at radius 2 is 2.00 bits per heavy atom. The van der Waals surface area contributed by atoms with E-state index < -0.39 is 30.6 Å². The summed E-state index contributed by atoms with van der Waals surface area (Å²) in [5, 5.41) is 11.8.